The zero-order valence-corrected chi connectivity index (χ0v) is 10.9. The number of anilines is 1. The lowest BCUT2D eigenvalue weighted by Gasteiger charge is -2.11. The fourth-order valence-electron chi connectivity index (χ4n) is 1.56. The van der Waals surface area contributed by atoms with E-state index in [2.05, 4.69) is 5.32 Å². The molecule has 0 fully saturated rings. The van der Waals surface area contributed by atoms with E-state index in [1.807, 2.05) is 0 Å². The Morgan fingerprint density at radius 1 is 1.00 bits per heavy atom. The van der Waals surface area contributed by atoms with Gasteiger partial charge in [-0.05, 0) is 24.3 Å². The van der Waals surface area contributed by atoms with Gasteiger partial charge in [0.1, 0.15) is 17.7 Å². The van der Waals surface area contributed by atoms with Crippen molar-refractivity contribution >= 4 is 5.69 Å². The normalized spacial score (nSPS) is 9.10. The first kappa shape index (κ1) is 14.1. The Bertz CT molecular complexity index is 741. The quantitative estimate of drug-likeness (QED) is 0.860. The Kier molecular flexibility index (Phi) is 4.53. The minimum atomic E-state index is -0.474. The van der Waals surface area contributed by atoms with Crippen LogP contribution >= 0.6 is 0 Å². The smallest absolute Gasteiger partial charge is 0.165 e. The number of nitrogens with zero attached hydrogens (tertiary/aromatic N) is 2. The van der Waals surface area contributed by atoms with Gasteiger partial charge in [0.25, 0.3) is 0 Å². The number of ether oxygens (including phenoxy) is 1. The highest BCUT2D eigenvalue weighted by molar-refractivity contribution is 5.60. The van der Waals surface area contributed by atoms with E-state index in [-0.39, 0.29) is 11.3 Å². The number of allylic oxidation sites excluding steroid dienone is 1. The molecule has 0 heterocycles. The maximum Gasteiger partial charge on any atom is 0.165 e. The van der Waals surface area contributed by atoms with Crippen LogP contribution in [-0.2, 0) is 0 Å². The average molecular weight is 279 g/mol. The molecule has 1 N–H and O–H groups in total. The number of para-hydroxylation sites is 3. The van der Waals surface area contributed by atoms with E-state index in [0.717, 1.165) is 0 Å². The maximum absolute atomic E-state index is 13.6. The molecule has 0 bridgehead atoms. The van der Waals surface area contributed by atoms with Crippen molar-refractivity contribution in [2.45, 2.75) is 0 Å². The fraction of sp³-hybridized carbons (Fsp3) is 0. The molecule has 0 aliphatic heterocycles. The molecule has 0 radical (unpaired) electrons. The van der Waals surface area contributed by atoms with Crippen molar-refractivity contribution in [1.29, 1.82) is 10.5 Å². The van der Waals surface area contributed by atoms with E-state index < -0.39 is 5.82 Å². The summed E-state index contributed by atoms with van der Waals surface area (Å²) in [5, 5.41) is 20.2. The summed E-state index contributed by atoms with van der Waals surface area (Å²) in [6.45, 7) is 0. The summed E-state index contributed by atoms with van der Waals surface area (Å²) in [5.74, 6) is 0.00295. The van der Waals surface area contributed by atoms with Crippen molar-refractivity contribution in [3.63, 3.8) is 0 Å². The minimum absolute atomic E-state index is 0.0734. The topological polar surface area (TPSA) is 68.8 Å². The number of hydrogen-bond donors (Lipinski definition) is 1. The van der Waals surface area contributed by atoms with Crippen LogP contribution in [0, 0.1) is 28.5 Å². The standard InChI is InChI=1S/C16H10FN3O/c17-13-5-1-3-7-15(13)21-16-8-4-2-6-14(16)20-11-12(9-18)10-19/h1-8,11,20H. The lowest BCUT2D eigenvalue weighted by Crippen LogP contribution is -1.95. The first-order chi connectivity index (χ1) is 10.2. The van der Waals surface area contributed by atoms with Crippen LogP contribution in [0.2, 0.25) is 0 Å². The van der Waals surface area contributed by atoms with Gasteiger partial charge in [-0.25, -0.2) is 4.39 Å². The van der Waals surface area contributed by atoms with Gasteiger partial charge in [0.05, 0.1) is 5.69 Å². The van der Waals surface area contributed by atoms with Crippen LogP contribution in [0.1, 0.15) is 0 Å². The molecule has 0 saturated heterocycles. The van der Waals surface area contributed by atoms with Crippen molar-refractivity contribution in [2.24, 2.45) is 0 Å². The Morgan fingerprint density at radius 3 is 2.29 bits per heavy atom. The third-order valence-electron chi connectivity index (χ3n) is 2.56. The van der Waals surface area contributed by atoms with Gasteiger partial charge < -0.3 is 10.1 Å². The summed E-state index contributed by atoms with van der Waals surface area (Å²) in [6.07, 6.45) is 1.27. The second-order valence-electron chi connectivity index (χ2n) is 3.95. The first-order valence-corrected chi connectivity index (χ1v) is 6.03. The largest absolute Gasteiger partial charge is 0.452 e. The van der Waals surface area contributed by atoms with Crippen LogP contribution in [0.25, 0.3) is 0 Å². The van der Waals surface area contributed by atoms with Gasteiger partial charge >= 0.3 is 0 Å². The van der Waals surface area contributed by atoms with Gasteiger partial charge in [0.2, 0.25) is 0 Å². The molecule has 2 rings (SSSR count). The molecule has 0 aliphatic carbocycles. The molecule has 0 aliphatic rings. The molecule has 0 saturated carbocycles. The third-order valence-corrected chi connectivity index (χ3v) is 2.56. The van der Waals surface area contributed by atoms with E-state index in [1.165, 1.54) is 18.3 Å². The molecule has 21 heavy (non-hydrogen) atoms. The predicted molar refractivity (Wildman–Crippen MR) is 75.8 cm³/mol. The molecule has 2 aromatic carbocycles. The molecule has 2 aromatic rings. The van der Waals surface area contributed by atoms with Crippen molar-refractivity contribution in [2.75, 3.05) is 5.32 Å². The molecule has 0 aromatic heterocycles. The summed E-state index contributed by atoms with van der Waals surface area (Å²) in [6, 6.07) is 16.4. The summed E-state index contributed by atoms with van der Waals surface area (Å²) < 4.78 is 19.1. The molecule has 0 unspecified atom stereocenters. The van der Waals surface area contributed by atoms with Crippen LogP contribution in [0.15, 0.2) is 60.3 Å². The Hall–Kier alpha value is -3.31. The maximum atomic E-state index is 13.6. The zero-order valence-electron chi connectivity index (χ0n) is 10.9. The van der Waals surface area contributed by atoms with Gasteiger partial charge in [0.15, 0.2) is 17.3 Å². The molecular formula is C16H10FN3O. The van der Waals surface area contributed by atoms with E-state index >= 15 is 0 Å². The van der Waals surface area contributed by atoms with Crippen LogP contribution in [0.5, 0.6) is 11.5 Å². The second kappa shape index (κ2) is 6.74. The van der Waals surface area contributed by atoms with E-state index in [0.29, 0.717) is 11.4 Å². The van der Waals surface area contributed by atoms with Gasteiger partial charge in [-0.15, -0.1) is 0 Å². The summed E-state index contributed by atoms with van der Waals surface area (Å²) in [7, 11) is 0. The van der Waals surface area contributed by atoms with Gasteiger partial charge in [0, 0.05) is 6.20 Å². The van der Waals surface area contributed by atoms with Crippen LogP contribution in [0.3, 0.4) is 0 Å². The second-order valence-corrected chi connectivity index (χ2v) is 3.95. The lowest BCUT2D eigenvalue weighted by molar-refractivity contribution is 0.444. The minimum Gasteiger partial charge on any atom is -0.452 e. The predicted octanol–water partition coefficient (Wildman–Crippen LogP) is 3.96. The van der Waals surface area contributed by atoms with E-state index in [4.69, 9.17) is 15.3 Å². The molecule has 102 valence electrons. The molecule has 4 nitrogen and oxygen atoms in total. The first-order valence-electron chi connectivity index (χ1n) is 6.03. The number of hydrogen-bond acceptors (Lipinski definition) is 4. The number of rotatable bonds is 4. The van der Waals surface area contributed by atoms with E-state index in [9.17, 15) is 4.39 Å². The van der Waals surface area contributed by atoms with Crippen molar-refractivity contribution in [3.05, 3.63) is 66.1 Å². The SMILES string of the molecule is N#CC(C#N)=CNc1ccccc1Oc1ccccc1F. The fourth-order valence-corrected chi connectivity index (χ4v) is 1.56. The summed E-state index contributed by atoms with van der Waals surface area (Å²) in [5.41, 5.74) is 0.444. The Labute approximate surface area is 121 Å². The third kappa shape index (κ3) is 3.59. The van der Waals surface area contributed by atoms with Crippen molar-refractivity contribution in [1.82, 2.24) is 0 Å². The van der Waals surface area contributed by atoms with Crippen LogP contribution < -0.4 is 10.1 Å². The highest BCUT2D eigenvalue weighted by Crippen LogP contribution is 2.30. The summed E-state index contributed by atoms with van der Waals surface area (Å²) in [4.78, 5) is 0. The summed E-state index contributed by atoms with van der Waals surface area (Å²) >= 11 is 0. The van der Waals surface area contributed by atoms with Crippen LogP contribution in [-0.4, -0.2) is 0 Å². The zero-order chi connectivity index (χ0) is 15.1. The highest BCUT2D eigenvalue weighted by Gasteiger charge is 2.07. The van der Waals surface area contributed by atoms with Gasteiger partial charge in [-0.3, -0.25) is 0 Å². The Balaban J connectivity index is 2.26. The molecule has 0 amide bonds. The van der Waals surface area contributed by atoms with Gasteiger partial charge in [-0.1, -0.05) is 24.3 Å². The molecule has 0 spiro atoms. The van der Waals surface area contributed by atoms with E-state index in [1.54, 1.807) is 48.5 Å². The van der Waals surface area contributed by atoms with Crippen molar-refractivity contribution < 1.29 is 9.13 Å². The molecule has 5 heteroatoms. The number of benzene rings is 2. The van der Waals surface area contributed by atoms with Crippen molar-refractivity contribution in [3.8, 4) is 23.6 Å². The monoisotopic (exact) mass is 279 g/mol. The molecular weight excluding hydrogens is 269 g/mol. The average Bonchev–Trinajstić information content (AvgIpc) is 2.52. The number of halogens is 1. The molecule has 0 atom stereocenters. The van der Waals surface area contributed by atoms with Crippen LogP contribution in [0.4, 0.5) is 10.1 Å². The highest BCUT2D eigenvalue weighted by atomic mass is 19.1. The number of nitriles is 2. The number of nitrogens with one attached hydrogen (secondary N) is 1. The van der Waals surface area contributed by atoms with Gasteiger partial charge in [-0.2, -0.15) is 10.5 Å². The lowest BCUT2D eigenvalue weighted by atomic mass is 10.2. The Morgan fingerprint density at radius 2 is 1.62 bits per heavy atom.